The summed E-state index contributed by atoms with van der Waals surface area (Å²) in [6.45, 7) is 6.66. The topological polar surface area (TPSA) is 26.3 Å². The number of rotatable bonds is 5. The van der Waals surface area contributed by atoms with Crippen molar-refractivity contribution < 1.29 is 9.53 Å². The molecule has 0 spiro atoms. The standard InChI is InChI=1S/C12H18O2S/c1-9(2)8-14-12(13)7-10(3)11-5-4-6-15-11/h4-6,9-10H,7-8H2,1-3H3. The molecule has 1 atom stereocenters. The van der Waals surface area contributed by atoms with Gasteiger partial charge in [-0.15, -0.1) is 11.3 Å². The Labute approximate surface area is 95.3 Å². The van der Waals surface area contributed by atoms with Crippen molar-refractivity contribution in [3.63, 3.8) is 0 Å². The highest BCUT2D eigenvalue weighted by Gasteiger charge is 2.13. The van der Waals surface area contributed by atoms with Gasteiger partial charge < -0.3 is 4.74 Å². The summed E-state index contributed by atoms with van der Waals surface area (Å²) in [5.41, 5.74) is 0. The molecule has 0 amide bonds. The first-order valence-electron chi connectivity index (χ1n) is 5.28. The van der Waals surface area contributed by atoms with E-state index < -0.39 is 0 Å². The van der Waals surface area contributed by atoms with Crippen molar-refractivity contribution in [3.8, 4) is 0 Å². The molecular weight excluding hydrogens is 208 g/mol. The fraction of sp³-hybridized carbons (Fsp3) is 0.583. The van der Waals surface area contributed by atoms with Crippen LogP contribution in [0.1, 0.15) is 38.0 Å². The molecule has 1 aromatic rings. The van der Waals surface area contributed by atoms with E-state index in [-0.39, 0.29) is 11.9 Å². The minimum Gasteiger partial charge on any atom is -0.465 e. The van der Waals surface area contributed by atoms with Gasteiger partial charge in [0.2, 0.25) is 0 Å². The molecule has 1 unspecified atom stereocenters. The Morgan fingerprint density at radius 1 is 1.47 bits per heavy atom. The molecular formula is C12H18O2S. The molecule has 1 aromatic heterocycles. The maximum atomic E-state index is 11.4. The smallest absolute Gasteiger partial charge is 0.306 e. The number of carbonyl (C=O) groups excluding carboxylic acids is 1. The van der Waals surface area contributed by atoms with Crippen molar-refractivity contribution in [2.24, 2.45) is 5.92 Å². The number of thiophene rings is 1. The first kappa shape index (κ1) is 12.2. The van der Waals surface area contributed by atoms with E-state index in [0.29, 0.717) is 18.9 Å². The third-order valence-corrected chi connectivity index (χ3v) is 3.18. The van der Waals surface area contributed by atoms with Crippen LogP contribution in [-0.4, -0.2) is 12.6 Å². The second kappa shape index (κ2) is 5.91. The van der Waals surface area contributed by atoms with Crippen molar-refractivity contribution in [2.75, 3.05) is 6.61 Å². The van der Waals surface area contributed by atoms with Gasteiger partial charge in [0.15, 0.2) is 0 Å². The van der Waals surface area contributed by atoms with Crippen LogP contribution in [0.3, 0.4) is 0 Å². The number of hydrogen-bond donors (Lipinski definition) is 0. The molecule has 0 aliphatic carbocycles. The Bertz CT molecular complexity index is 291. The largest absolute Gasteiger partial charge is 0.465 e. The predicted octanol–water partition coefficient (Wildman–Crippen LogP) is 3.44. The van der Waals surface area contributed by atoms with Crippen molar-refractivity contribution in [3.05, 3.63) is 22.4 Å². The van der Waals surface area contributed by atoms with E-state index in [2.05, 4.69) is 13.0 Å². The minimum absolute atomic E-state index is 0.0930. The Hall–Kier alpha value is -0.830. The fourth-order valence-electron chi connectivity index (χ4n) is 1.24. The maximum absolute atomic E-state index is 11.4. The summed E-state index contributed by atoms with van der Waals surface area (Å²) in [5.74, 6) is 0.584. The van der Waals surface area contributed by atoms with Gasteiger partial charge in [-0.05, 0) is 17.4 Å². The molecule has 15 heavy (non-hydrogen) atoms. The summed E-state index contributed by atoms with van der Waals surface area (Å²) in [6, 6.07) is 4.07. The van der Waals surface area contributed by atoms with E-state index >= 15 is 0 Å². The molecule has 0 aromatic carbocycles. The van der Waals surface area contributed by atoms with Crippen LogP contribution in [0.2, 0.25) is 0 Å². The monoisotopic (exact) mass is 226 g/mol. The molecule has 0 fully saturated rings. The van der Waals surface area contributed by atoms with Gasteiger partial charge in [-0.25, -0.2) is 0 Å². The van der Waals surface area contributed by atoms with Crippen molar-refractivity contribution in [2.45, 2.75) is 33.1 Å². The Morgan fingerprint density at radius 3 is 2.73 bits per heavy atom. The van der Waals surface area contributed by atoms with Crippen LogP contribution in [-0.2, 0) is 9.53 Å². The van der Waals surface area contributed by atoms with Crippen molar-refractivity contribution in [1.82, 2.24) is 0 Å². The Balaban J connectivity index is 2.32. The minimum atomic E-state index is -0.0930. The first-order chi connectivity index (χ1) is 7.09. The van der Waals surface area contributed by atoms with E-state index in [1.165, 1.54) is 4.88 Å². The van der Waals surface area contributed by atoms with E-state index in [4.69, 9.17) is 4.74 Å². The quantitative estimate of drug-likeness (QED) is 0.719. The highest BCUT2D eigenvalue weighted by atomic mass is 32.1. The highest BCUT2D eigenvalue weighted by molar-refractivity contribution is 7.10. The number of esters is 1. The molecule has 0 N–H and O–H groups in total. The van der Waals surface area contributed by atoms with Gasteiger partial charge in [-0.1, -0.05) is 26.8 Å². The van der Waals surface area contributed by atoms with Crippen LogP contribution in [0, 0.1) is 5.92 Å². The van der Waals surface area contributed by atoms with Gasteiger partial charge in [0.25, 0.3) is 0 Å². The van der Waals surface area contributed by atoms with Gasteiger partial charge in [0.1, 0.15) is 0 Å². The predicted molar refractivity (Wildman–Crippen MR) is 63.1 cm³/mol. The number of ether oxygens (including phenoxy) is 1. The normalized spacial score (nSPS) is 12.8. The van der Waals surface area contributed by atoms with E-state index in [1.807, 2.05) is 25.3 Å². The summed E-state index contributed by atoms with van der Waals surface area (Å²) in [7, 11) is 0. The Kier molecular flexibility index (Phi) is 4.82. The van der Waals surface area contributed by atoms with E-state index in [9.17, 15) is 4.79 Å². The highest BCUT2D eigenvalue weighted by Crippen LogP contribution is 2.23. The molecule has 0 radical (unpaired) electrons. The fourth-order valence-corrected chi connectivity index (χ4v) is 2.03. The second-order valence-corrected chi connectivity index (χ2v) is 5.18. The van der Waals surface area contributed by atoms with Gasteiger partial charge in [0, 0.05) is 10.8 Å². The number of hydrogen-bond acceptors (Lipinski definition) is 3. The molecule has 84 valence electrons. The molecule has 0 bridgehead atoms. The molecule has 1 heterocycles. The van der Waals surface area contributed by atoms with Crippen LogP contribution in [0.5, 0.6) is 0 Å². The molecule has 0 saturated carbocycles. The lowest BCUT2D eigenvalue weighted by Crippen LogP contribution is -2.11. The van der Waals surface area contributed by atoms with Crippen LogP contribution in [0.25, 0.3) is 0 Å². The van der Waals surface area contributed by atoms with Gasteiger partial charge in [0.05, 0.1) is 13.0 Å². The lowest BCUT2D eigenvalue weighted by molar-refractivity contribution is -0.145. The van der Waals surface area contributed by atoms with Crippen molar-refractivity contribution in [1.29, 1.82) is 0 Å². The SMILES string of the molecule is CC(C)COC(=O)CC(C)c1cccs1. The second-order valence-electron chi connectivity index (χ2n) is 4.20. The average Bonchev–Trinajstić information content (AvgIpc) is 2.67. The maximum Gasteiger partial charge on any atom is 0.306 e. The molecule has 1 rings (SSSR count). The third-order valence-electron chi connectivity index (χ3n) is 2.08. The lowest BCUT2D eigenvalue weighted by atomic mass is 10.1. The van der Waals surface area contributed by atoms with Crippen LogP contribution in [0.15, 0.2) is 17.5 Å². The number of carbonyl (C=O) groups is 1. The summed E-state index contributed by atoms with van der Waals surface area (Å²) < 4.78 is 5.14. The van der Waals surface area contributed by atoms with E-state index in [1.54, 1.807) is 11.3 Å². The summed E-state index contributed by atoms with van der Waals surface area (Å²) in [5, 5.41) is 2.03. The summed E-state index contributed by atoms with van der Waals surface area (Å²) >= 11 is 1.69. The molecule has 0 saturated heterocycles. The van der Waals surface area contributed by atoms with Gasteiger partial charge in [-0.3, -0.25) is 4.79 Å². The van der Waals surface area contributed by atoms with Crippen molar-refractivity contribution >= 4 is 17.3 Å². The zero-order valence-corrected chi connectivity index (χ0v) is 10.3. The summed E-state index contributed by atoms with van der Waals surface area (Å²) in [4.78, 5) is 12.7. The van der Waals surface area contributed by atoms with E-state index in [0.717, 1.165) is 0 Å². The molecule has 3 heteroatoms. The Morgan fingerprint density at radius 2 is 2.20 bits per heavy atom. The van der Waals surface area contributed by atoms with Crippen LogP contribution < -0.4 is 0 Å². The molecule has 0 aliphatic rings. The zero-order valence-electron chi connectivity index (χ0n) is 9.53. The van der Waals surface area contributed by atoms with Crippen LogP contribution >= 0.6 is 11.3 Å². The summed E-state index contributed by atoms with van der Waals surface area (Å²) in [6.07, 6.45) is 0.479. The third kappa shape index (κ3) is 4.47. The van der Waals surface area contributed by atoms with Gasteiger partial charge in [-0.2, -0.15) is 0 Å². The molecule has 0 aliphatic heterocycles. The van der Waals surface area contributed by atoms with Gasteiger partial charge >= 0.3 is 5.97 Å². The lowest BCUT2D eigenvalue weighted by Gasteiger charge is -2.10. The molecule has 2 nitrogen and oxygen atoms in total. The van der Waals surface area contributed by atoms with Crippen LogP contribution in [0.4, 0.5) is 0 Å². The zero-order chi connectivity index (χ0) is 11.3. The average molecular weight is 226 g/mol. The first-order valence-corrected chi connectivity index (χ1v) is 6.16.